The maximum Gasteiger partial charge on any atom is 0.416 e. The van der Waals surface area contributed by atoms with Crippen LogP contribution in [0.5, 0.6) is 0 Å². The van der Waals surface area contributed by atoms with Gasteiger partial charge in [0.15, 0.2) is 5.65 Å². The summed E-state index contributed by atoms with van der Waals surface area (Å²) in [5.41, 5.74) is 1.09. The number of alkyl halides is 3. The highest BCUT2D eigenvalue weighted by Crippen LogP contribution is 2.34. The molecule has 4 rings (SSSR count). The third kappa shape index (κ3) is 4.31. The van der Waals surface area contributed by atoms with Crippen LogP contribution in [0.15, 0.2) is 47.5 Å². The van der Waals surface area contributed by atoms with Crippen molar-refractivity contribution in [2.75, 3.05) is 11.1 Å². The lowest BCUT2D eigenvalue weighted by Gasteiger charge is -2.12. The van der Waals surface area contributed by atoms with Gasteiger partial charge in [0.05, 0.1) is 33.1 Å². The van der Waals surface area contributed by atoms with E-state index in [0.29, 0.717) is 22.6 Å². The Morgan fingerprint density at radius 3 is 2.71 bits per heavy atom. The second-order valence-corrected chi connectivity index (χ2v) is 7.93. The first-order valence-electron chi connectivity index (χ1n) is 9.20. The Hall–Kier alpha value is -2.85. The lowest BCUT2D eigenvalue weighted by Crippen LogP contribution is -2.15. The molecule has 0 bridgehead atoms. The molecule has 2 aromatic carbocycles. The van der Waals surface area contributed by atoms with E-state index in [2.05, 4.69) is 20.5 Å². The largest absolute Gasteiger partial charge is 0.416 e. The molecule has 1 N–H and O–H groups in total. The van der Waals surface area contributed by atoms with Crippen LogP contribution in [0.2, 0.25) is 5.02 Å². The minimum atomic E-state index is -4.54. The van der Waals surface area contributed by atoms with Crippen LogP contribution in [0.3, 0.4) is 0 Å². The summed E-state index contributed by atoms with van der Waals surface area (Å²) in [7, 11) is 0. The van der Waals surface area contributed by atoms with Gasteiger partial charge >= 0.3 is 6.18 Å². The number of thioether (sulfide) groups is 1. The van der Waals surface area contributed by atoms with Gasteiger partial charge in [-0.3, -0.25) is 9.20 Å². The van der Waals surface area contributed by atoms with E-state index in [9.17, 15) is 18.0 Å². The highest BCUT2D eigenvalue weighted by Gasteiger charge is 2.31. The average molecular weight is 466 g/mol. The molecule has 11 heteroatoms. The van der Waals surface area contributed by atoms with Gasteiger partial charge in [-0.15, -0.1) is 10.2 Å². The summed E-state index contributed by atoms with van der Waals surface area (Å²) in [6.07, 6.45) is -3.88. The molecule has 0 radical (unpaired) electrons. The number of benzene rings is 2. The number of fused-ring (bicyclic) bond motifs is 3. The average Bonchev–Trinajstić information content (AvgIpc) is 3.17. The van der Waals surface area contributed by atoms with Crippen LogP contribution >= 0.6 is 23.4 Å². The SMILES string of the molecule is CCc1nnc2c(SCC(=O)Nc3cc(C(F)(F)F)ccc3Cl)nc3ccccc3n12. The van der Waals surface area contributed by atoms with Gasteiger partial charge in [0.1, 0.15) is 10.9 Å². The quantitative estimate of drug-likeness (QED) is 0.408. The molecule has 160 valence electrons. The first kappa shape index (κ1) is 21.4. The number of aryl methyl sites for hydroxylation is 1. The van der Waals surface area contributed by atoms with Crippen LogP contribution in [0, 0.1) is 0 Å². The van der Waals surface area contributed by atoms with Gasteiger partial charge in [-0.25, -0.2) is 4.98 Å². The van der Waals surface area contributed by atoms with E-state index in [1.54, 1.807) is 0 Å². The Kier molecular flexibility index (Phi) is 5.76. The fraction of sp³-hybridized carbons (Fsp3) is 0.200. The summed E-state index contributed by atoms with van der Waals surface area (Å²) < 4.78 is 40.7. The Morgan fingerprint density at radius 1 is 1.19 bits per heavy atom. The first-order valence-corrected chi connectivity index (χ1v) is 10.6. The molecule has 1 amide bonds. The number of para-hydroxylation sites is 2. The van der Waals surface area contributed by atoms with E-state index < -0.39 is 17.6 Å². The molecule has 0 fully saturated rings. The number of amides is 1. The molecule has 0 aliphatic heterocycles. The van der Waals surface area contributed by atoms with Crippen molar-refractivity contribution >= 4 is 51.6 Å². The van der Waals surface area contributed by atoms with Gasteiger partial charge in [-0.1, -0.05) is 42.4 Å². The molecule has 0 atom stereocenters. The highest BCUT2D eigenvalue weighted by molar-refractivity contribution is 8.00. The molecular weight excluding hydrogens is 451 g/mol. The van der Waals surface area contributed by atoms with E-state index in [-0.39, 0.29) is 16.5 Å². The third-order valence-corrected chi connectivity index (χ3v) is 5.77. The van der Waals surface area contributed by atoms with Gasteiger partial charge in [-0.2, -0.15) is 13.2 Å². The lowest BCUT2D eigenvalue weighted by molar-refractivity contribution is -0.137. The Balaban J connectivity index is 1.58. The van der Waals surface area contributed by atoms with Gasteiger partial charge in [-0.05, 0) is 30.3 Å². The molecular formula is C20H15ClF3N5OS. The van der Waals surface area contributed by atoms with Crippen LogP contribution in [-0.4, -0.2) is 31.2 Å². The zero-order valence-corrected chi connectivity index (χ0v) is 17.6. The van der Waals surface area contributed by atoms with Crippen molar-refractivity contribution in [3.8, 4) is 0 Å². The minimum Gasteiger partial charge on any atom is -0.324 e. The van der Waals surface area contributed by atoms with Crippen molar-refractivity contribution in [1.29, 1.82) is 0 Å². The maximum absolute atomic E-state index is 12.9. The fourth-order valence-corrected chi connectivity index (χ4v) is 3.99. The zero-order chi connectivity index (χ0) is 22.2. The van der Waals surface area contributed by atoms with Gasteiger partial charge in [0.25, 0.3) is 0 Å². The molecule has 0 saturated heterocycles. The molecule has 0 aliphatic rings. The molecule has 31 heavy (non-hydrogen) atoms. The number of carbonyl (C=O) groups excluding carboxylic acids is 1. The lowest BCUT2D eigenvalue weighted by atomic mass is 10.2. The van der Waals surface area contributed by atoms with Crippen molar-refractivity contribution in [3.05, 3.63) is 58.9 Å². The van der Waals surface area contributed by atoms with Crippen LogP contribution in [0.25, 0.3) is 16.7 Å². The maximum atomic E-state index is 12.9. The number of carbonyl (C=O) groups is 1. The number of nitrogens with one attached hydrogen (secondary N) is 1. The number of rotatable bonds is 5. The Labute approximate surface area is 183 Å². The zero-order valence-electron chi connectivity index (χ0n) is 16.1. The summed E-state index contributed by atoms with van der Waals surface area (Å²) in [4.78, 5) is 17.0. The second-order valence-electron chi connectivity index (χ2n) is 6.56. The Morgan fingerprint density at radius 2 is 1.97 bits per heavy atom. The van der Waals surface area contributed by atoms with Gasteiger partial charge in [0, 0.05) is 6.42 Å². The Bertz CT molecular complexity index is 1290. The van der Waals surface area contributed by atoms with E-state index in [4.69, 9.17) is 11.6 Å². The third-order valence-electron chi connectivity index (χ3n) is 4.49. The predicted octanol–water partition coefficient (Wildman–Crippen LogP) is 5.24. The summed E-state index contributed by atoms with van der Waals surface area (Å²) in [6.45, 7) is 1.96. The number of aromatic nitrogens is 4. The molecule has 2 heterocycles. The predicted molar refractivity (Wildman–Crippen MR) is 113 cm³/mol. The molecule has 0 unspecified atom stereocenters. The molecule has 6 nitrogen and oxygen atoms in total. The second kappa shape index (κ2) is 8.35. The van der Waals surface area contributed by atoms with Crippen molar-refractivity contribution in [3.63, 3.8) is 0 Å². The summed E-state index contributed by atoms with van der Waals surface area (Å²) in [5.74, 6) is 0.146. The van der Waals surface area contributed by atoms with Crippen LogP contribution in [-0.2, 0) is 17.4 Å². The normalized spacial score (nSPS) is 11.9. The summed E-state index contributed by atoms with van der Waals surface area (Å²) in [6, 6.07) is 10.3. The highest BCUT2D eigenvalue weighted by atomic mass is 35.5. The molecule has 0 aliphatic carbocycles. The van der Waals surface area contributed by atoms with E-state index in [1.807, 2.05) is 35.6 Å². The van der Waals surface area contributed by atoms with Crippen LogP contribution in [0.1, 0.15) is 18.3 Å². The molecule has 0 spiro atoms. The number of nitrogens with zero attached hydrogens (tertiary/aromatic N) is 4. The number of hydrogen-bond acceptors (Lipinski definition) is 5. The monoisotopic (exact) mass is 465 g/mol. The van der Waals surface area contributed by atoms with Gasteiger partial charge < -0.3 is 5.32 Å². The van der Waals surface area contributed by atoms with Gasteiger partial charge in [0.2, 0.25) is 5.91 Å². The smallest absolute Gasteiger partial charge is 0.324 e. The molecule has 4 aromatic rings. The number of halogens is 4. The van der Waals surface area contributed by atoms with E-state index in [0.717, 1.165) is 41.3 Å². The van der Waals surface area contributed by atoms with E-state index >= 15 is 0 Å². The van der Waals surface area contributed by atoms with E-state index in [1.165, 1.54) is 0 Å². The summed E-state index contributed by atoms with van der Waals surface area (Å²) in [5, 5.41) is 11.3. The number of anilines is 1. The minimum absolute atomic E-state index is 0.0163. The summed E-state index contributed by atoms with van der Waals surface area (Å²) >= 11 is 7.07. The van der Waals surface area contributed by atoms with Crippen molar-refractivity contribution in [2.45, 2.75) is 24.5 Å². The fourth-order valence-electron chi connectivity index (χ4n) is 3.06. The van der Waals surface area contributed by atoms with Crippen LogP contribution < -0.4 is 5.32 Å². The van der Waals surface area contributed by atoms with Crippen molar-refractivity contribution in [2.24, 2.45) is 0 Å². The molecule has 2 aromatic heterocycles. The van der Waals surface area contributed by atoms with Crippen molar-refractivity contribution < 1.29 is 18.0 Å². The first-order chi connectivity index (χ1) is 14.8. The molecule has 0 saturated carbocycles. The standard InChI is InChI=1S/C20H15ClF3N5OS/c1-2-16-27-28-18-19(26-13-5-3-4-6-15(13)29(16)18)31-10-17(30)25-14-9-11(20(22,23)24)7-8-12(14)21/h3-9H,2,10H2,1H3,(H,25,30). The number of hydrogen-bond donors (Lipinski definition) is 1. The topological polar surface area (TPSA) is 72.2 Å². The van der Waals surface area contributed by atoms with Crippen molar-refractivity contribution in [1.82, 2.24) is 19.6 Å². The van der Waals surface area contributed by atoms with Crippen LogP contribution in [0.4, 0.5) is 18.9 Å².